The fourth-order valence-electron chi connectivity index (χ4n) is 15.0. The van der Waals surface area contributed by atoms with Gasteiger partial charge in [-0.15, -0.1) is 0 Å². The Labute approximate surface area is 666 Å². The first-order valence-electron chi connectivity index (χ1n) is 37.3. The zero-order valence-electron chi connectivity index (χ0n) is 63.1. The molecule has 0 bridgehead atoms. The summed E-state index contributed by atoms with van der Waals surface area (Å²) < 4.78 is 99.8. The van der Waals surface area contributed by atoms with E-state index in [-0.39, 0.29) is 0 Å². The number of aliphatic hydroxyl groups is 26. The smallest absolute Gasteiger partial charge is 0.364 e. The Morgan fingerprint density at radius 3 is 1.28 bits per heavy atom. The summed E-state index contributed by atoms with van der Waals surface area (Å²) in [5.41, 5.74) is 0. The number of hydrogen-bond acceptors (Lipinski definition) is 48. The third-order valence-electron chi connectivity index (χ3n) is 21.4. The molecule has 0 spiro atoms. The Kier molecular flexibility index (Phi) is 34.7. The number of aliphatic carboxylic acids is 1. The lowest BCUT2D eigenvalue weighted by Crippen LogP contribution is -2.71. The molecule has 9 fully saturated rings. The fraction of sp³-hybridized carbons (Fsp3) is 0.923. The first kappa shape index (κ1) is 97.4. The summed E-state index contributed by atoms with van der Waals surface area (Å²) in [7, 11) is 0. The minimum Gasteiger partial charge on any atom is -0.477 e. The number of aliphatic hydroxyl groups excluding tert-OH is 26. The summed E-state index contributed by atoms with van der Waals surface area (Å²) in [6, 6.07) is -7.72. The highest BCUT2D eigenvalue weighted by atomic mass is 16.8. The van der Waals surface area contributed by atoms with Crippen molar-refractivity contribution in [1.29, 1.82) is 0 Å². The monoisotopic (exact) mass is 1730 g/mol. The van der Waals surface area contributed by atoms with Gasteiger partial charge in [-0.05, 0) is 6.92 Å². The van der Waals surface area contributed by atoms with Crippen molar-refractivity contribution in [3.05, 3.63) is 0 Å². The van der Waals surface area contributed by atoms with E-state index in [2.05, 4.69) is 21.3 Å². The first-order valence-corrected chi connectivity index (χ1v) is 37.3. The van der Waals surface area contributed by atoms with Gasteiger partial charge in [-0.3, -0.25) is 19.2 Å². The highest BCUT2D eigenvalue weighted by Gasteiger charge is 2.63. The molecule has 46 atom stereocenters. The molecule has 9 saturated heterocycles. The Balaban J connectivity index is 1.00. The van der Waals surface area contributed by atoms with Gasteiger partial charge in [0.05, 0.1) is 71.1 Å². The van der Waals surface area contributed by atoms with Crippen LogP contribution >= 0.6 is 0 Å². The largest absolute Gasteiger partial charge is 0.477 e. The molecule has 4 amide bonds. The van der Waals surface area contributed by atoms with E-state index in [1.54, 1.807) is 0 Å². The average Bonchev–Trinajstić information content (AvgIpc) is 0.944. The molecule has 118 heavy (non-hydrogen) atoms. The molecule has 0 aromatic heterocycles. The lowest BCUT2D eigenvalue weighted by Gasteiger charge is -2.51. The van der Waals surface area contributed by atoms with Gasteiger partial charge in [0.2, 0.25) is 23.6 Å². The summed E-state index contributed by atoms with van der Waals surface area (Å²) in [6.45, 7) is -6.27. The SMILES string of the molecule is CC(=O)N[C@H]1[C@H](O[C@H]2[C@H](O)[C@@H](NC(C)=O)C(O)O[C@@H]2CO[C@@H]2O[C@@H](C)[C@@H](O)[C@@H](O)[C@@H]2O)O[C@H](CO)[C@@H](O[C@@H]2O[C@H](CO[C@H]3O[C@H](CO)[C@@H](O)[C@H](O)[C@@H]3O)[C@@H](O)[C@H](O[C@H]3O[C@H](CO)[C@@H](O)[C@H](O)[C@@H]3O[C@@H]3O[C@H](CO)[C@@H](O[C@@H]4O[C@H](CO)[C@H](O)[C@H](O[C@]5(C(=O)O)C[C@H](O)[C@@H](NC(=O)CO)[C@H]([C@H](O)[C@H](O)CO)O5)[C@H]4O)[C@H](O)[C@H]3NC(C)=O)[C@@H]2O)[C@@H]1O. The van der Waals surface area contributed by atoms with Crippen LogP contribution in [0.1, 0.15) is 34.1 Å². The second-order valence-electron chi connectivity index (χ2n) is 29.6. The third-order valence-corrected chi connectivity index (χ3v) is 21.4. The zero-order chi connectivity index (χ0) is 87.3. The molecule has 53 heteroatoms. The van der Waals surface area contributed by atoms with Gasteiger partial charge in [-0.25, -0.2) is 4.79 Å². The van der Waals surface area contributed by atoms with E-state index >= 15 is 0 Å². The maximum Gasteiger partial charge on any atom is 0.364 e. The summed E-state index contributed by atoms with van der Waals surface area (Å²) in [4.78, 5) is 64.2. The van der Waals surface area contributed by atoms with Crippen molar-refractivity contribution < 1.29 is 242 Å². The standard InChI is InChI=1S/C65H108N4O49/c1-15-33(83)42(92)45(95)59(104-15)103-14-27-51(39(89)30(56(99)105-27)66-16(2)77)112-57-31(67-17(3)78)40(90)49(24(10-74)109-57)113-61-47(97)53(38(88)26(111-61)13-102-60-46(96)43(93)35(85)21(7-71)106-60)115-63-55(44(94)36(86)22(8-72)108-63)116-58-32(68-18(4)79)41(91)50(25(11-75)110-58)114-62-48(98)54(37(87)23(9-73)107-62)118-65(64(100)101)5-19(80)29(69-28(82)12-76)52(117-65)34(84)20(81)6-70/h15,19-27,29-63,70-76,80-81,83-99H,5-14H2,1-4H3,(H,66,77)(H,67,78)(H,68,79)(H,69,82)(H,100,101)/t15-,19-,20+,21+,22+,23+,24+,25+,26+,27+,29+,30+,31+,32+,33+,34+,35+,36+,37-,38+,39+,40+,41+,42+,43-,44-,45-,46-,47-,48+,49+,50+,51+,52+,53-,54-,55-,56?,57-,58-,59+,60-,61-,62-,63+,65-/m0/s1. The second kappa shape index (κ2) is 42.1. The molecular formula is C65H108N4O49. The highest BCUT2D eigenvalue weighted by molar-refractivity contribution is 5.78. The van der Waals surface area contributed by atoms with Crippen LogP contribution in [0.25, 0.3) is 0 Å². The third kappa shape index (κ3) is 21.4. The Morgan fingerprint density at radius 1 is 0.381 bits per heavy atom. The quantitative estimate of drug-likeness (QED) is 0.0297. The van der Waals surface area contributed by atoms with E-state index in [0.29, 0.717) is 0 Å². The van der Waals surface area contributed by atoms with Crippen LogP contribution in [0, 0.1) is 0 Å². The van der Waals surface area contributed by atoms with Gasteiger partial charge in [0.25, 0.3) is 5.79 Å². The van der Waals surface area contributed by atoms with Crippen molar-refractivity contribution in [3.8, 4) is 0 Å². The maximum absolute atomic E-state index is 13.3. The number of rotatable bonds is 32. The molecule has 0 aromatic carbocycles. The average molecular weight is 1730 g/mol. The number of ether oxygens (including phenoxy) is 17. The van der Waals surface area contributed by atoms with Gasteiger partial charge in [-0.2, -0.15) is 0 Å². The van der Waals surface area contributed by atoms with Crippen LogP contribution in [0.2, 0.25) is 0 Å². The summed E-state index contributed by atoms with van der Waals surface area (Å²) >= 11 is 0. The number of carbonyl (C=O) groups is 5. The second-order valence-corrected chi connectivity index (χ2v) is 29.6. The molecule has 0 aliphatic carbocycles. The van der Waals surface area contributed by atoms with Crippen molar-refractivity contribution in [3.63, 3.8) is 0 Å². The topological polar surface area (TPSA) is 837 Å². The number of carbonyl (C=O) groups excluding carboxylic acids is 4. The van der Waals surface area contributed by atoms with Gasteiger partial charge < -0.3 is 240 Å². The minimum absolute atomic E-state index is 0.832. The molecule has 0 aromatic rings. The van der Waals surface area contributed by atoms with Crippen LogP contribution in [0.4, 0.5) is 0 Å². The van der Waals surface area contributed by atoms with Crippen LogP contribution in [0.3, 0.4) is 0 Å². The first-order chi connectivity index (χ1) is 55.6. The zero-order valence-corrected chi connectivity index (χ0v) is 63.1. The molecule has 1 unspecified atom stereocenters. The number of amides is 4. The van der Waals surface area contributed by atoms with Crippen molar-refractivity contribution in [1.82, 2.24) is 21.3 Å². The lowest BCUT2D eigenvalue weighted by atomic mass is 9.88. The van der Waals surface area contributed by atoms with Crippen LogP contribution in [-0.4, -0.2) is 509 Å². The minimum atomic E-state index is -3.36. The summed E-state index contributed by atoms with van der Waals surface area (Å²) in [5.74, 6) is -9.64. The van der Waals surface area contributed by atoms with Crippen molar-refractivity contribution in [2.75, 3.05) is 59.5 Å². The summed E-state index contributed by atoms with van der Waals surface area (Å²) in [5, 5.41) is 308. The normalized spacial score (nSPS) is 47.6. The van der Waals surface area contributed by atoms with Gasteiger partial charge in [0, 0.05) is 27.2 Å². The fourth-order valence-corrected chi connectivity index (χ4v) is 15.0. The van der Waals surface area contributed by atoms with E-state index in [1.807, 2.05) is 0 Å². The molecule has 682 valence electrons. The Morgan fingerprint density at radius 2 is 0.780 bits per heavy atom. The van der Waals surface area contributed by atoms with Crippen LogP contribution in [-0.2, 0) is 104 Å². The molecule has 53 nitrogen and oxygen atoms in total. The number of hydrogen-bond donors (Lipinski definition) is 31. The predicted molar refractivity (Wildman–Crippen MR) is 361 cm³/mol. The predicted octanol–water partition coefficient (Wildman–Crippen LogP) is -20.8. The van der Waals surface area contributed by atoms with Gasteiger partial charge in [0.15, 0.2) is 50.3 Å². The van der Waals surface area contributed by atoms with Gasteiger partial charge in [0.1, 0.15) is 214 Å². The molecule has 9 aliphatic rings. The number of carboxylic acids is 1. The molecule has 9 heterocycles. The lowest BCUT2D eigenvalue weighted by molar-refractivity contribution is -0.400. The van der Waals surface area contributed by atoms with Crippen LogP contribution in [0.15, 0.2) is 0 Å². The molecular weight excluding hydrogens is 1620 g/mol. The van der Waals surface area contributed by atoms with Crippen molar-refractivity contribution >= 4 is 29.6 Å². The Bertz CT molecular complexity index is 3210. The van der Waals surface area contributed by atoms with Crippen molar-refractivity contribution in [2.24, 2.45) is 0 Å². The van der Waals surface area contributed by atoms with E-state index in [4.69, 9.17) is 80.5 Å². The maximum atomic E-state index is 13.3. The van der Waals surface area contributed by atoms with E-state index in [0.717, 1.165) is 20.8 Å². The van der Waals surface area contributed by atoms with Crippen LogP contribution < -0.4 is 21.3 Å². The van der Waals surface area contributed by atoms with E-state index in [1.165, 1.54) is 6.92 Å². The molecule has 0 radical (unpaired) electrons. The Hall–Kier alpha value is -4.37. The van der Waals surface area contributed by atoms with Crippen molar-refractivity contribution in [2.45, 2.75) is 316 Å². The van der Waals surface area contributed by atoms with Gasteiger partial charge in [-0.1, -0.05) is 0 Å². The van der Waals surface area contributed by atoms with E-state index < -0.39 is 377 Å². The molecule has 9 aliphatic heterocycles. The van der Waals surface area contributed by atoms with Crippen LogP contribution in [0.5, 0.6) is 0 Å². The van der Waals surface area contributed by atoms with Gasteiger partial charge >= 0.3 is 5.97 Å². The number of carboxylic acid groups (broad SMARTS) is 1. The molecule has 0 saturated carbocycles. The van der Waals surface area contributed by atoms with E-state index in [9.17, 15) is 162 Å². The summed E-state index contributed by atoms with van der Waals surface area (Å²) in [6.07, 6.45) is -88.8. The molecule has 31 N–H and O–H groups in total. The number of nitrogens with one attached hydrogen (secondary N) is 4. The highest BCUT2D eigenvalue weighted by Crippen LogP contribution is 2.42. The molecule has 9 rings (SSSR count).